The number of allylic oxidation sites excluding steroid dienone is 4. The van der Waals surface area contributed by atoms with Gasteiger partial charge in [-0.15, -0.1) is 48.2 Å². The minimum atomic E-state index is 0. The summed E-state index contributed by atoms with van der Waals surface area (Å²) >= 11 is 0. The Kier molecular flexibility index (Phi) is 13.7. The van der Waals surface area contributed by atoms with Crippen molar-refractivity contribution in [2.24, 2.45) is 0 Å². The zero-order chi connectivity index (χ0) is 16.8. The van der Waals surface area contributed by atoms with Crippen molar-refractivity contribution >= 4 is 36.1 Å². The van der Waals surface area contributed by atoms with Crippen LogP contribution >= 0.6 is 24.8 Å². The molecule has 26 heavy (non-hydrogen) atoms. The Morgan fingerprint density at radius 3 is 2.04 bits per heavy atom. The number of aryl methyl sites for hydroxylation is 3. The van der Waals surface area contributed by atoms with E-state index in [0.717, 1.165) is 17.5 Å². The van der Waals surface area contributed by atoms with Crippen molar-refractivity contribution in [2.75, 3.05) is 0 Å². The third-order valence-electron chi connectivity index (χ3n) is 4.07. The molecule has 0 radical (unpaired) electrons. The third kappa shape index (κ3) is 7.25. The average Bonchev–Trinajstić information content (AvgIpc) is 3.07. The van der Waals surface area contributed by atoms with Gasteiger partial charge in [-0.1, -0.05) is 65.6 Å². The molecular formula is C22H27Cl2NTi. The predicted octanol–water partition coefficient (Wildman–Crippen LogP) is 7.74. The van der Waals surface area contributed by atoms with E-state index in [4.69, 9.17) is 5.73 Å². The van der Waals surface area contributed by atoms with E-state index in [0.29, 0.717) is 5.69 Å². The van der Waals surface area contributed by atoms with E-state index in [1.165, 1.54) is 22.3 Å². The first-order valence-corrected chi connectivity index (χ1v) is 8.07. The van der Waals surface area contributed by atoms with Crippen LogP contribution in [0.4, 0.5) is 5.69 Å². The Morgan fingerprint density at radius 1 is 0.962 bits per heavy atom. The second kappa shape index (κ2) is 13.1. The maximum Gasteiger partial charge on any atom is 2.00 e. The molecule has 4 heteroatoms. The van der Waals surface area contributed by atoms with Crippen LogP contribution in [0.5, 0.6) is 0 Å². The molecule has 1 N–H and O–H groups in total. The van der Waals surface area contributed by atoms with Crippen molar-refractivity contribution in [1.82, 2.24) is 0 Å². The molecule has 0 unspecified atom stereocenters. The molecule has 0 atom stereocenters. The quantitative estimate of drug-likeness (QED) is 0.348. The Labute approximate surface area is 185 Å². The third-order valence-corrected chi connectivity index (χ3v) is 4.07. The van der Waals surface area contributed by atoms with Gasteiger partial charge in [0.25, 0.3) is 0 Å². The molecule has 0 bridgehead atoms. The molecule has 0 aliphatic heterocycles. The van der Waals surface area contributed by atoms with Crippen LogP contribution < -0.4 is 0 Å². The summed E-state index contributed by atoms with van der Waals surface area (Å²) in [7, 11) is 0. The number of nitrogens with one attached hydrogen (secondary N) is 1. The summed E-state index contributed by atoms with van der Waals surface area (Å²) in [5.41, 5.74) is 15.7. The molecule has 1 nitrogen and oxygen atoms in total. The van der Waals surface area contributed by atoms with Crippen LogP contribution in [0.15, 0.2) is 54.6 Å². The van der Waals surface area contributed by atoms with Crippen molar-refractivity contribution in [3.8, 4) is 0 Å². The monoisotopic (exact) mass is 423 g/mol. The van der Waals surface area contributed by atoms with Crippen LogP contribution in [-0.4, -0.2) is 0 Å². The fourth-order valence-electron chi connectivity index (χ4n) is 2.87. The minimum absolute atomic E-state index is 0. The zero-order valence-electron chi connectivity index (χ0n) is 15.8. The van der Waals surface area contributed by atoms with E-state index >= 15 is 0 Å². The van der Waals surface area contributed by atoms with E-state index in [1.54, 1.807) is 0 Å². The maximum absolute atomic E-state index is 7.54. The van der Waals surface area contributed by atoms with Crippen LogP contribution in [0, 0.1) is 27.2 Å². The number of rotatable bonds is 2. The van der Waals surface area contributed by atoms with E-state index < -0.39 is 0 Å². The van der Waals surface area contributed by atoms with Gasteiger partial charge >= 0.3 is 21.7 Å². The summed E-state index contributed by atoms with van der Waals surface area (Å²) in [6.07, 6.45) is 9.76. The van der Waals surface area contributed by atoms with Gasteiger partial charge in [-0.2, -0.15) is 18.1 Å². The molecule has 3 rings (SSSR count). The van der Waals surface area contributed by atoms with Crippen LogP contribution in [0.1, 0.15) is 41.2 Å². The smallest absolute Gasteiger partial charge is 0.698 e. The first-order chi connectivity index (χ1) is 11.0. The van der Waals surface area contributed by atoms with Crippen molar-refractivity contribution < 1.29 is 21.7 Å². The molecule has 0 amide bonds. The Balaban J connectivity index is 0. The SMILES string of the molecule is C[CH-]c1ccccc1C1=CC=CC1.Cc1cc(C)c([NH-])c(C)c1.Cl.Cl.[Ti+2]. The summed E-state index contributed by atoms with van der Waals surface area (Å²) in [5.74, 6) is 0. The molecule has 1 aliphatic rings. The summed E-state index contributed by atoms with van der Waals surface area (Å²) in [6, 6.07) is 12.6. The molecule has 138 valence electrons. The number of hydrogen-bond donors (Lipinski definition) is 0. The van der Waals surface area contributed by atoms with Gasteiger partial charge in [-0.3, -0.25) is 0 Å². The van der Waals surface area contributed by atoms with Crippen LogP contribution in [-0.2, 0) is 21.7 Å². The van der Waals surface area contributed by atoms with E-state index in [-0.39, 0.29) is 46.5 Å². The molecule has 0 saturated carbocycles. The topological polar surface area (TPSA) is 23.8 Å². The first-order valence-electron chi connectivity index (χ1n) is 8.07. The molecule has 1 aliphatic carbocycles. The number of halogens is 2. The minimum Gasteiger partial charge on any atom is -0.698 e. The standard InChI is InChI=1S/C13H13.C9H12N.2ClH.Ti/c1-2-11-7-5-6-10-13(11)12-8-3-4-9-12;1-6-4-7(2)9(10)8(3)5-6;;;/h2-8,10H,9H2,1H3;4-5,10H,1-3H3;2*1H;/q2*-1;;;+2. The van der Waals surface area contributed by atoms with Crippen LogP contribution in [0.3, 0.4) is 0 Å². The first kappa shape index (κ1) is 27.1. The van der Waals surface area contributed by atoms with Gasteiger partial charge in [0.05, 0.1) is 0 Å². The Hall–Kier alpha value is -1.12. The molecule has 0 spiro atoms. The molecule has 0 fully saturated rings. The fraction of sp³-hybridized carbons (Fsp3) is 0.227. The summed E-state index contributed by atoms with van der Waals surface area (Å²) in [6.45, 7) is 8.09. The molecular weight excluding hydrogens is 397 g/mol. The van der Waals surface area contributed by atoms with Gasteiger partial charge in [-0.05, 0) is 27.2 Å². The van der Waals surface area contributed by atoms with Gasteiger partial charge < -0.3 is 5.73 Å². The van der Waals surface area contributed by atoms with E-state index in [9.17, 15) is 0 Å². The van der Waals surface area contributed by atoms with Crippen LogP contribution in [0.2, 0.25) is 0 Å². The molecule has 2 aromatic carbocycles. The zero-order valence-corrected chi connectivity index (χ0v) is 19.0. The average molecular weight is 424 g/mol. The summed E-state index contributed by atoms with van der Waals surface area (Å²) in [4.78, 5) is 0. The maximum atomic E-state index is 7.54. The van der Waals surface area contributed by atoms with Crippen molar-refractivity contribution in [1.29, 1.82) is 0 Å². The Morgan fingerprint density at radius 2 is 1.54 bits per heavy atom. The predicted molar refractivity (Wildman–Crippen MR) is 116 cm³/mol. The summed E-state index contributed by atoms with van der Waals surface area (Å²) < 4.78 is 0. The van der Waals surface area contributed by atoms with Gasteiger partial charge in [0.2, 0.25) is 0 Å². The van der Waals surface area contributed by atoms with Crippen molar-refractivity contribution in [3.05, 3.63) is 94.6 Å². The second-order valence-electron chi connectivity index (χ2n) is 5.97. The molecule has 0 saturated heterocycles. The van der Waals surface area contributed by atoms with Gasteiger partial charge in [0.15, 0.2) is 0 Å². The Bertz CT molecular complexity index is 729. The van der Waals surface area contributed by atoms with Crippen molar-refractivity contribution in [2.45, 2.75) is 34.1 Å². The largest absolute Gasteiger partial charge is 2.00 e. The van der Waals surface area contributed by atoms with Gasteiger partial charge in [-0.25, -0.2) is 0 Å². The number of benzene rings is 2. The molecule has 0 aromatic heterocycles. The normalized spacial score (nSPS) is 11.0. The van der Waals surface area contributed by atoms with Gasteiger partial charge in [0.1, 0.15) is 0 Å². The summed E-state index contributed by atoms with van der Waals surface area (Å²) in [5, 5.41) is 0. The van der Waals surface area contributed by atoms with E-state index in [2.05, 4.69) is 62.8 Å². The molecule has 2 aromatic rings. The number of hydrogen-bond acceptors (Lipinski definition) is 0. The van der Waals surface area contributed by atoms with E-state index in [1.807, 2.05) is 26.0 Å². The second-order valence-corrected chi connectivity index (χ2v) is 5.97. The molecule has 0 heterocycles. The fourth-order valence-corrected chi connectivity index (χ4v) is 2.87. The van der Waals surface area contributed by atoms with Crippen LogP contribution in [0.25, 0.3) is 11.3 Å². The van der Waals surface area contributed by atoms with Gasteiger partial charge in [0, 0.05) is 0 Å². The van der Waals surface area contributed by atoms with Crippen molar-refractivity contribution in [3.63, 3.8) is 0 Å².